The lowest BCUT2D eigenvalue weighted by Gasteiger charge is -2.31. The lowest BCUT2D eigenvalue weighted by molar-refractivity contribution is 0.412. The molecule has 1 aliphatic rings. The van der Waals surface area contributed by atoms with E-state index in [1.807, 2.05) is 36.4 Å². The molecule has 0 aliphatic carbocycles. The number of phenolic OH excluding ortho intramolecular Hbond substituents is 1. The molecule has 0 bridgehead atoms. The van der Waals surface area contributed by atoms with Gasteiger partial charge in [0.15, 0.2) is 0 Å². The molecule has 0 saturated carbocycles. The van der Waals surface area contributed by atoms with Gasteiger partial charge in [0, 0.05) is 37.2 Å². The number of nitrogens with one attached hydrogen (secondary N) is 1. The van der Waals surface area contributed by atoms with Crippen molar-refractivity contribution in [2.45, 2.75) is 18.6 Å². The van der Waals surface area contributed by atoms with E-state index in [1.54, 1.807) is 6.07 Å². The van der Waals surface area contributed by atoms with Crippen LogP contribution in [-0.2, 0) is 0 Å². The second-order valence-corrected chi connectivity index (χ2v) is 9.41. The van der Waals surface area contributed by atoms with Crippen molar-refractivity contribution < 1.29 is 5.11 Å². The van der Waals surface area contributed by atoms with E-state index >= 15 is 0 Å². The highest BCUT2D eigenvalue weighted by Gasteiger charge is 2.27. The van der Waals surface area contributed by atoms with Crippen molar-refractivity contribution in [1.29, 1.82) is 0 Å². The van der Waals surface area contributed by atoms with Gasteiger partial charge in [-0.3, -0.25) is 10.3 Å². The van der Waals surface area contributed by atoms with Crippen LogP contribution < -0.4 is 5.32 Å². The number of phenols is 1. The summed E-state index contributed by atoms with van der Waals surface area (Å²) in [5.74, 6) is 0.283. The van der Waals surface area contributed by atoms with Crippen LogP contribution in [-0.4, -0.2) is 10.8 Å². The van der Waals surface area contributed by atoms with Crippen molar-refractivity contribution in [1.82, 2.24) is 5.32 Å². The molecule has 0 amide bonds. The monoisotopic (exact) mass is 562 g/mol. The summed E-state index contributed by atoms with van der Waals surface area (Å²) >= 11 is 10.6. The number of benzene rings is 3. The lowest BCUT2D eigenvalue weighted by Crippen LogP contribution is -2.33. The second kappa shape index (κ2) is 8.49. The number of hydrogen-bond donors (Lipinski definition) is 2. The van der Waals surface area contributed by atoms with Gasteiger partial charge in [0.25, 0.3) is 0 Å². The molecule has 28 heavy (non-hydrogen) atoms. The fraction of sp³-hybridized carbons (Fsp3) is 0.136. The molecule has 0 spiro atoms. The van der Waals surface area contributed by atoms with Gasteiger partial charge in [0.2, 0.25) is 0 Å². The number of hydrogen-bond acceptors (Lipinski definition) is 3. The Bertz CT molecular complexity index is 1030. The molecular weight excluding hydrogens is 548 g/mol. The van der Waals surface area contributed by atoms with Crippen LogP contribution in [0.4, 0.5) is 0 Å². The Morgan fingerprint density at radius 3 is 2.32 bits per heavy atom. The average Bonchev–Trinajstić information content (AvgIpc) is 2.70. The molecule has 3 aromatic carbocycles. The predicted octanol–water partition coefficient (Wildman–Crippen LogP) is 6.90. The highest BCUT2D eigenvalue weighted by atomic mass is 79.9. The normalized spacial score (nSPS) is 19.3. The predicted molar refractivity (Wildman–Crippen MR) is 124 cm³/mol. The Morgan fingerprint density at radius 2 is 1.57 bits per heavy atom. The summed E-state index contributed by atoms with van der Waals surface area (Å²) in [5.41, 5.74) is 4.03. The number of halogens is 3. The zero-order valence-corrected chi connectivity index (χ0v) is 19.5. The maximum Gasteiger partial charge on any atom is 0.126 e. The topological polar surface area (TPSA) is 44.6 Å². The van der Waals surface area contributed by atoms with Crippen molar-refractivity contribution in [2.75, 3.05) is 0 Å². The first-order valence-corrected chi connectivity index (χ1v) is 11.2. The summed E-state index contributed by atoms with van der Waals surface area (Å²) in [7, 11) is 0. The van der Waals surface area contributed by atoms with Crippen LogP contribution in [0.25, 0.3) is 0 Å². The van der Waals surface area contributed by atoms with E-state index in [1.165, 1.54) is 0 Å². The summed E-state index contributed by atoms with van der Waals surface area (Å²) in [6.07, 6.45) is 0.493. The summed E-state index contributed by atoms with van der Waals surface area (Å²) in [4.78, 5) is 5.00. The van der Waals surface area contributed by atoms with Gasteiger partial charge in [-0.2, -0.15) is 0 Å². The molecule has 6 heteroatoms. The number of aliphatic imine (C=N–C) groups is 1. The molecule has 2 N–H and O–H groups in total. The molecule has 0 unspecified atom stereocenters. The first-order valence-electron chi connectivity index (χ1n) is 8.82. The van der Waals surface area contributed by atoms with Gasteiger partial charge in [0.1, 0.15) is 11.9 Å². The summed E-state index contributed by atoms with van der Waals surface area (Å²) in [5, 5.41) is 14.1. The molecule has 1 heterocycles. The largest absolute Gasteiger partial charge is 0.508 e. The lowest BCUT2D eigenvalue weighted by atomic mass is 9.93. The van der Waals surface area contributed by atoms with Crippen molar-refractivity contribution in [3.63, 3.8) is 0 Å². The molecule has 4 rings (SSSR count). The van der Waals surface area contributed by atoms with Gasteiger partial charge in [-0.25, -0.2) is 0 Å². The molecule has 0 aromatic heterocycles. The van der Waals surface area contributed by atoms with E-state index in [4.69, 9.17) is 4.99 Å². The zero-order valence-electron chi connectivity index (χ0n) is 14.7. The van der Waals surface area contributed by atoms with E-state index in [9.17, 15) is 5.11 Å². The van der Waals surface area contributed by atoms with E-state index in [0.29, 0.717) is 6.42 Å². The number of aromatic hydroxyl groups is 1. The van der Waals surface area contributed by atoms with Crippen molar-refractivity contribution in [3.05, 3.63) is 96.8 Å². The maximum atomic E-state index is 10.5. The van der Waals surface area contributed by atoms with Crippen molar-refractivity contribution in [2.24, 2.45) is 4.99 Å². The fourth-order valence-corrected chi connectivity index (χ4v) is 4.41. The maximum absolute atomic E-state index is 10.5. The number of rotatable bonds is 3. The minimum absolute atomic E-state index is 0.0578. The van der Waals surface area contributed by atoms with E-state index in [-0.39, 0.29) is 18.0 Å². The molecule has 0 saturated heterocycles. The highest BCUT2D eigenvalue weighted by molar-refractivity contribution is 9.11. The molecular formula is C22H17Br3N2O. The van der Waals surface area contributed by atoms with E-state index in [2.05, 4.69) is 77.4 Å². The smallest absolute Gasteiger partial charge is 0.126 e. The highest BCUT2D eigenvalue weighted by Crippen LogP contribution is 2.36. The average molecular weight is 565 g/mol. The molecule has 2 atom stereocenters. The van der Waals surface area contributed by atoms with Crippen LogP contribution >= 0.6 is 47.8 Å². The molecule has 0 fully saturated rings. The Kier molecular flexibility index (Phi) is 6.01. The second-order valence-electron chi connectivity index (χ2n) is 6.67. The Morgan fingerprint density at radius 1 is 0.857 bits per heavy atom. The third-order valence-corrected chi connectivity index (χ3v) is 6.27. The van der Waals surface area contributed by atoms with Gasteiger partial charge in [-0.05, 0) is 53.6 Å². The molecule has 142 valence electrons. The molecule has 0 radical (unpaired) electrons. The van der Waals surface area contributed by atoms with Gasteiger partial charge in [0.05, 0.1) is 0 Å². The Hall–Kier alpha value is -1.47. The van der Waals surface area contributed by atoms with Crippen LogP contribution in [0.3, 0.4) is 0 Å². The van der Waals surface area contributed by atoms with E-state index in [0.717, 1.165) is 35.8 Å². The van der Waals surface area contributed by atoms with Gasteiger partial charge >= 0.3 is 0 Å². The molecule has 1 aliphatic heterocycles. The van der Waals surface area contributed by atoms with E-state index < -0.39 is 0 Å². The Labute approximate surface area is 189 Å². The summed E-state index contributed by atoms with van der Waals surface area (Å²) < 4.78 is 2.99. The van der Waals surface area contributed by atoms with Crippen LogP contribution in [0.15, 0.2) is 85.1 Å². The molecule has 3 aromatic rings. The standard InChI is InChI=1S/C22H17Br3N2O/c23-15-6-4-13(5-7-15)22-26-19(14-2-1-3-16(24)10-14)12-20(27-22)18-11-17(25)8-9-21(18)28/h1-11,20,22,27-28H,12H2/t20-,22-/m1/s1. The van der Waals surface area contributed by atoms with Crippen LogP contribution in [0, 0.1) is 0 Å². The summed E-state index contributed by atoms with van der Waals surface area (Å²) in [6, 6.07) is 21.8. The summed E-state index contributed by atoms with van der Waals surface area (Å²) in [6.45, 7) is 0. The first-order chi connectivity index (χ1) is 13.5. The molecule has 3 nitrogen and oxygen atoms in total. The zero-order chi connectivity index (χ0) is 19.7. The fourth-order valence-electron chi connectivity index (χ4n) is 3.37. The van der Waals surface area contributed by atoms with Crippen LogP contribution in [0.1, 0.15) is 35.3 Å². The van der Waals surface area contributed by atoms with Crippen LogP contribution in [0.2, 0.25) is 0 Å². The quantitative estimate of drug-likeness (QED) is 0.363. The number of nitrogens with zero attached hydrogens (tertiary/aromatic N) is 1. The van der Waals surface area contributed by atoms with Gasteiger partial charge < -0.3 is 5.11 Å². The Balaban J connectivity index is 1.77. The minimum atomic E-state index is -0.195. The first kappa shape index (κ1) is 19.8. The minimum Gasteiger partial charge on any atom is -0.508 e. The van der Waals surface area contributed by atoms with Gasteiger partial charge in [-0.15, -0.1) is 0 Å². The van der Waals surface area contributed by atoms with Gasteiger partial charge in [-0.1, -0.05) is 72.1 Å². The van der Waals surface area contributed by atoms with Crippen LogP contribution in [0.5, 0.6) is 5.75 Å². The van der Waals surface area contributed by atoms with Crippen molar-refractivity contribution >= 4 is 53.5 Å². The third kappa shape index (κ3) is 4.40. The third-order valence-electron chi connectivity index (χ3n) is 4.75. The SMILES string of the molecule is Oc1ccc(Br)cc1[C@H]1CC(c2cccc(Br)c2)=N[C@@H](c2ccc(Br)cc2)N1. The van der Waals surface area contributed by atoms with Crippen molar-refractivity contribution in [3.8, 4) is 5.75 Å².